The number of urea groups is 1. The molecule has 1 aliphatic rings. The fraction of sp³-hybridized carbons (Fsp3) is 0.889. The molecule has 4 heteroatoms. The van der Waals surface area contributed by atoms with Crippen molar-refractivity contribution in [2.24, 2.45) is 11.7 Å². The van der Waals surface area contributed by atoms with E-state index in [9.17, 15) is 4.79 Å². The number of carbonyl (C=O) groups is 1. The molecular formula is C9H18N2O2. The first-order valence-corrected chi connectivity index (χ1v) is 4.77. The van der Waals surface area contributed by atoms with E-state index < -0.39 is 0 Å². The molecule has 1 unspecified atom stereocenters. The van der Waals surface area contributed by atoms with Crippen LogP contribution in [0.15, 0.2) is 0 Å². The average Bonchev–Trinajstić information content (AvgIpc) is 2.28. The van der Waals surface area contributed by atoms with Crippen LogP contribution in [0, 0.1) is 5.92 Å². The molecule has 4 nitrogen and oxygen atoms in total. The van der Waals surface area contributed by atoms with Gasteiger partial charge in [-0.3, -0.25) is 0 Å². The Morgan fingerprint density at radius 2 is 2.31 bits per heavy atom. The zero-order chi connectivity index (χ0) is 9.84. The Bertz CT molecular complexity index is 182. The van der Waals surface area contributed by atoms with Gasteiger partial charge in [0.2, 0.25) is 0 Å². The number of carbonyl (C=O) groups excluding carboxylic acids is 1. The van der Waals surface area contributed by atoms with Crippen LogP contribution in [0.25, 0.3) is 0 Å². The summed E-state index contributed by atoms with van der Waals surface area (Å²) in [5.74, 6) is 0.431. The van der Waals surface area contributed by atoms with Crippen LogP contribution in [0.2, 0.25) is 0 Å². The smallest absolute Gasteiger partial charge is 0.314 e. The van der Waals surface area contributed by atoms with Gasteiger partial charge in [0.1, 0.15) is 0 Å². The minimum absolute atomic E-state index is 0.134. The molecular weight excluding hydrogens is 168 g/mol. The third-order valence-electron chi connectivity index (χ3n) is 2.36. The predicted octanol–water partition coefficient (Wildman–Crippen LogP) is 0.812. The first-order valence-electron chi connectivity index (χ1n) is 4.77. The molecule has 1 aliphatic heterocycles. The second kappa shape index (κ2) is 4.46. The molecule has 0 bridgehead atoms. The van der Waals surface area contributed by atoms with Gasteiger partial charge in [0, 0.05) is 19.7 Å². The fourth-order valence-corrected chi connectivity index (χ4v) is 1.45. The van der Waals surface area contributed by atoms with Gasteiger partial charge < -0.3 is 15.4 Å². The van der Waals surface area contributed by atoms with Gasteiger partial charge in [-0.1, -0.05) is 13.8 Å². The summed E-state index contributed by atoms with van der Waals surface area (Å²) in [6, 6.07) is -0.337. The van der Waals surface area contributed by atoms with E-state index in [1.165, 1.54) is 0 Å². The highest BCUT2D eigenvalue weighted by Gasteiger charge is 2.22. The van der Waals surface area contributed by atoms with Crippen LogP contribution in [0.5, 0.6) is 0 Å². The van der Waals surface area contributed by atoms with Crippen LogP contribution in [0.4, 0.5) is 4.79 Å². The Kier molecular flexibility index (Phi) is 3.54. The molecule has 0 aromatic rings. The maximum absolute atomic E-state index is 11.0. The van der Waals surface area contributed by atoms with E-state index in [0.717, 1.165) is 19.6 Å². The van der Waals surface area contributed by atoms with Gasteiger partial charge >= 0.3 is 6.03 Å². The fourth-order valence-electron chi connectivity index (χ4n) is 1.45. The first kappa shape index (κ1) is 10.3. The number of nitrogens with two attached hydrogens (primary N) is 1. The summed E-state index contributed by atoms with van der Waals surface area (Å²) >= 11 is 0. The van der Waals surface area contributed by atoms with Crippen molar-refractivity contribution in [1.82, 2.24) is 4.90 Å². The molecule has 1 saturated heterocycles. The van der Waals surface area contributed by atoms with Gasteiger partial charge in [-0.05, 0) is 12.3 Å². The van der Waals surface area contributed by atoms with Crippen LogP contribution >= 0.6 is 0 Å². The Morgan fingerprint density at radius 1 is 1.62 bits per heavy atom. The van der Waals surface area contributed by atoms with Crippen molar-refractivity contribution in [2.45, 2.75) is 26.4 Å². The van der Waals surface area contributed by atoms with Crippen LogP contribution in [-0.4, -0.2) is 36.7 Å². The molecule has 76 valence electrons. The van der Waals surface area contributed by atoms with E-state index in [2.05, 4.69) is 13.8 Å². The highest BCUT2D eigenvalue weighted by atomic mass is 16.5. The summed E-state index contributed by atoms with van der Waals surface area (Å²) in [5, 5.41) is 0. The molecule has 1 heterocycles. The highest BCUT2D eigenvalue weighted by molar-refractivity contribution is 5.72. The quantitative estimate of drug-likeness (QED) is 0.659. The van der Waals surface area contributed by atoms with E-state index in [-0.39, 0.29) is 12.1 Å². The minimum Gasteiger partial charge on any atom is -0.376 e. The second-order valence-corrected chi connectivity index (χ2v) is 3.79. The van der Waals surface area contributed by atoms with Crippen LogP contribution in [0.1, 0.15) is 20.3 Å². The van der Waals surface area contributed by atoms with Crippen molar-refractivity contribution in [1.29, 1.82) is 0 Å². The SMILES string of the molecule is CC(C)C1CN(C(N)=O)CCCO1. The van der Waals surface area contributed by atoms with E-state index in [1.54, 1.807) is 4.90 Å². The molecule has 0 aromatic carbocycles. The van der Waals surface area contributed by atoms with Crippen LogP contribution in [0.3, 0.4) is 0 Å². The lowest BCUT2D eigenvalue weighted by atomic mass is 10.1. The molecule has 2 amide bonds. The van der Waals surface area contributed by atoms with Gasteiger partial charge in [0.05, 0.1) is 6.10 Å². The Morgan fingerprint density at radius 3 is 2.85 bits per heavy atom. The van der Waals surface area contributed by atoms with Crippen LogP contribution < -0.4 is 5.73 Å². The largest absolute Gasteiger partial charge is 0.376 e. The number of nitrogens with zero attached hydrogens (tertiary/aromatic N) is 1. The maximum atomic E-state index is 11.0. The Labute approximate surface area is 79.0 Å². The maximum Gasteiger partial charge on any atom is 0.314 e. The highest BCUT2D eigenvalue weighted by Crippen LogP contribution is 2.12. The van der Waals surface area contributed by atoms with Gasteiger partial charge in [-0.2, -0.15) is 0 Å². The van der Waals surface area contributed by atoms with Gasteiger partial charge in [0.25, 0.3) is 0 Å². The molecule has 0 radical (unpaired) electrons. The monoisotopic (exact) mass is 186 g/mol. The van der Waals surface area contributed by atoms with Crippen LogP contribution in [-0.2, 0) is 4.74 Å². The second-order valence-electron chi connectivity index (χ2n) is 3.79. The first-order chi connectivity index (χ1) is 6.11. The Hall–Kier alpha value is -0.770. The molecule has 1 rings (SSSR count). The van der Waals surface area contributed by atoms with Gasteiger partial charge in [-0.15, -0.1) is 0 Å². The topological polar surface area (TPSA) is 55.6 Å². The van der Waals surface area contributed by atoms with E-state index in [1.807, 2.05) is 0 Å². The number of ether oxygens (including phenoxy) is 1. The van der Waals surface area contributed by atoms with Crippen molar-refractivity contribution in [2.75, 3.05) is 19.7 Å². The summed E-state index contributed by atoms with van der Waals surface area (Å²) in [4.78, 5) is 12.6. The third-order valence-corrected chi connectivity index (χ3v) is 2.36. The van der Waals surface area contributed by atoms with E-state index in [4.69, 9.17) is 10.5 Å². The number of rotatable bonds is 1. The number of hydrogen-bond acceptors (Lipinski definition) is 2. The van der Waals surface area contributed by atoms with Gasteiger partial charge in [0.15, 0.2) is 0 Å². The molecule has 0 spiro atoms. The zero-order valence-electron chi connectivity index (χ0n) is 8.32. The summed E-state index contributed by atoms with van der Waals surface area (Å²) in [6.07, 6.45) is 1.02. The lowest BCUT2D eigenvalue weighted by molar-refractivity contribution is 0.0271. The standard InChI is InChI=1S/C9H18N2O2/c1-7(2)8-6-11(9(10)12)4-3-5-13-8/h7-8H,3-6H2,1-2H3,(H2,10,12). The average molecular weight is 186 g/mol. The van der Waals surface area contributed by atoms with Gasteiger partial charge in [-0.25, -0.2) is 4.79 Å². The normalized spacial score (nSPS) is 24.5. The summed E-state index contributed by atoms with van der Waals surface area (Å²) < 4.78 is 5.60. The molecule has 0 aromatic heterocycles. The lowest BCUT2D eigenvalue weighted by Crippen LogP contribution is -2.41. The van der Waals surface area contributed by atoms with Crippen molar-refractivity contribution in [3.8, 4) is 0 Å². The van der Waals surface area contributed by atoms with E-state index in [0.29, 0.717) is 12.5 Å². The third kappa shape index (κ3) is 2.88. The predicted molar refractivity (Wildman–Crippen MR) is 50.4 cm³/mol. The van der Waals surface area contributed by atoms with Crippen molar-refractivity contribution >= 4 is 6.03 Å². The molecule has 0 aliphatic carbocycles. The minimum atomic E-state index is -0.337. The zero-order valence-corrected chi connectivity index (χ0v) is 8.32. The number of hydrogen-bond donors (Lipinski definition) is 1. The summed E-state index contributed by atoms with van der Waals surface area (Å²) in [6.45, 7) is 6.27. The lowest BCUT2D eigenvalue weighted by Gasteiger charge is -2.24. The van der Waals surface area contributed by atoms with Crippen molar-refractivity contribution in [3.05, 3.63) is 0 Å². The molecule has 0 saturated carbocycles. The number of amides is 2. The number of primary amides is 1. The molecule has 1 atom stereocenters. The summed E-state index contributed by atoms with van der Waals surface area (Å²) in [7, 11) is 0. The Balaban J connectivity index is 2.54. The molecule has 1 fully saturated rings. The van der Waals surface area contributed by atoms with Crippen molar-refractivity contribution < 1.29 is 9.53 Å². The summed E-state index contributed by atoms with van der Waals surface area (Å²) in [5.41, 5.74) is 5.23. The van der Waals surface area contributed by atoms with Crippen molar-refractivity contribution in [3.63, 3.8) is 0 Å². The van der Waals surface area contributed by atoms with E-state index >= 15 is 0 Å². The molecule has 13 heavy (non-hydrogen) atoms. The molecule has 2 N–H and O–H groups in total.